The molecule has 0 radical (unpaired) electrons. The topological polar surface area (TPSA) is 89.4 Å². The van der Waals surface area contributed by atoms with Gasteiger partial charge in [-0.05, 0) is 46.6 Å². The molecular formula is C22H33N3O4. The molecule has 1 heterocycles. The Morgan fingerprint density at radius 3 is 2.34 bits per heavy atom. The Balaban J connectivity index is 1.95. The van der Waals surface area contributed by atoms with Crippen molar-refractivity contribution >= 4 is 23.9 Å². The van der Waals surface area contributed by atoms with Crippen LogP contribution in [0, 0.1) is 19.8 Å². The quantitative estimate of drug-likeness (QED) is 0.377. The van der Waals surface area contributed by atoms with Crippen LogP contribution in [0.5, 0.6) is 0 Å². The number of amides is 2. The molecule has 0 saturated heterocycles. The van der Waals surface area contributed by atoms with Crippen LogP contribution in [0.25, 0.3) is 6.08 Å². The number of hydrogen-bond acceptors (Lipinski definition) is 4. The molecule has 1 saturated carbocycles. The summed E-state index contributed by atoms with van der Waals surface area (Å²) in [6.45, 7) is 9.38. The molecule has 2 N–H and O–H groups in total. The van der Waals surface area contributed by atoms with E-state index in [-0.39, 0.29) is 23.7 Å². The van der Waals surface area contributed by atoms with Crippen LogP contribution < -0.4 is 10.6 Å². The van der Waals surface area contributed by atoms with Gasteiger partial charge >= 0.3 is 5.97 Å². The Bertz CT molecular complexity index is 774. The minimum atomic E-state index is -0.380. The van der Waals surface area contributed by atoms with E-state index in [0.29, 0.717) is 30.8 Å². The van der Waals surface area contributed by atoms with E-state index in [1.165, 1.54) is 6.08 Å². The standard InChI is InChI=1S/C22H33N3O4/c1-5-25-15(3)18(20(16(25)4)22(28)29-6-2)11-12-19(26)23-13-14-24-21(27)17-9-7-8-10-17/h11-12,17H,5-10,13-14H2,1-4H3,(H,23,26)(H,24,27)/b12-11+. The lowest BCUT2D eigenvalue weighted by molar-refractivity contribution is -0.125. The summed E-state index contributed by atoms with van der Waals surface area (Å²) in [6.07, 6.45) is 7.23. The number of aromatic nitrogens is 1. The average molecular weight is 404 g/mol. The largest absolute Gasteiger partial charge is 0.462 e. The number of hydrogen-bond donors (Lipinski definition) is 2. The third-order valence-electron chi connectivity index (χ3n) is 5.48. The van der Waals surface area contributed by atoms with Crippen molar-refractivity contribution in [1.82, 2.24) is 15.2 Å². The molecule has 29 heavy (non-hydrogen) atoms. The summed E-state index contributed by atoms with van der Waals surface area (Å²) in [5.41, 5.74) is 2.95. The summed E-state index contributed by atoms with van der Waals surface area (Å²) < 4.78 is 7.22. The van der Waals surface area contributed by atoms with Crippen molar-refractivity contribution in [3.63, 3.8) is 0 Å². The van der Waals surface area contributed by atoms with Crippen LogP contribution >= 0.6 is 0 Å². The molecule has 1 aromatic rings. The van der Waals surface area contributed by atoms with E-state index < -0.39 is 0 Å². The lowest BCUT2D eigenvalue weighted by Crippen LogP contribution is -2.36. The van der Waals surface area contributed by atoms with Gasteiger partial charge in [0.1, 0.15) is 0 Å². The second kappa shape index (κ2) is 10.8. The molecule has 7 nitrogen and oxygen atoms in total. The highest BCUT2D eigenvalue weighted by molar-refractivity contribution is 5.98. The highest BCUT2D eigenvalue weighted by Gasteiger charge is 2.23. The molecule has 0 aromatic carbocycles. The van der Waals surface area contributed by atoms with E-state index >= 15 is 0 Å². The molecule has 1 fully saturated rings. The summed E-state index contributed by atoms with van der Waals surface area (Å²) in [6, 6.07) is 0. The van der Waals surface area contributed by atoms with E-state index in [0.717, 1.165) is 43.6 Å². The maximum atomic E-state index is 12.4. The molecule has 1 aliphatic rings. The molecule has 0 atom stereocenters. The fourth-order valence-corrected chi connectivity index (χ4v) is 3.97. The van der Waals surface area contributed by atoms with Gasteiger partial charge in [0, 0.05) is 48.6 Å². The summed E-state index contributed by atoms with van der Waals surface area (Å²) in [4.78, 5) is 36.5. The van der Waals surface area contributed by atoms with Gasteiger partial charge in [0.15, 0.2) is 0 Å². The third-order valence-corrected chi connectivity index (χ3v) is 5.48. The molecule has 0 aliphatic heterocycles. The average Bonchev–Trinajstić information content (AvgIpc) is 3.30. The van der Waals surface area contributed by atoms with Crippen LogP contribution in [0.3, 0.4) is 0 Å². The molecule has 1 aromatic heterocycles. The van der Waals surface area contributed by atoms with Crippen molar-refractivity contribution < 1.29 is 19.1 Å². The van der Waals surface area contributed by atoms with Crippen LogP contribution in [0.2, 0.25) is 0 Å². The van der Waals surface area contributed by atoms with Crippen LogP contribution in [0.15, 0.2) is 6.08 Å². The van der Waals surface area contributed by atoms with Crippen molar-refractivity contribution in [3.05, 3.63) is 28.6 Å². The first kappa shape index (κ1) is 22.7. The van der Waals surface area contributed by atoms with E-state index in [2.05, 4.69) is 10.6 Å². The van der Waals surface area contributed by atoms with Crippen LogP contribution in [0.1, 0.15) is 66.8 Å². The zero-order valence-electron chi connectivity index (χ0n) is 18.0. The maximum absolute atomic E-state index is 12.4. The fraction of sp³-hybridized carbons (Fsp3) is 0.591. The Kier molecular flexibility index (Phi) is 8.49. The minimum absolute atomic E-state index is 0.0818. The number of nitrogens with one attached hydrogen (secondary N) is 2. The van der Waals surface area contributed by atoms with E-state index in [9.17, 15) is 14.4 Å². The van der Waals surface area contributed by atoms with Crippen LogP contribution in [-0.4, -0.2) is 42.0 Å². The first-order chi connectivity index (χ1) is 13.9. The van der Waals surface area contributed by atoms with Crippen molar-refractivity contribution in [2.24, 2.45) is 5.92 Å². The molecule has 0 bridgehead atoms. The lowest BCUT2D eigenvalue weighted by Gasteiger charge is -2.10. The number of nitrogens with zero attached hydrogens (tertiary/aromatic N) is 1. The maximum Gasteiger partial charge on any atom is 0.340 e. The van der Waals surface area contributed by atoms with E-state index in [4.69, 9.17) is 4.74 Å². The van der Waals surface area contributed by atoms with Gasteiger partial charge in [-0.15, -0.1) is 0 Å². The Morgan fingerprint density at radius 1 is 1.07 bits per heavy atom. The van der Waals surface area contributed by atoms with Crippen LogP contribution in [-0.2, 0) is 20.9 Å². The van der Waals surface area contributed by atoms with Crippen molar-refractivity contribution in [2.75, 3.05) is 19.7 Å². The molecule has 7 heteroatoms. The number of ether oxygens (including phenoxy) is 1. The van der Waals surface area contributed by atoms with Gasteiger partial charge in [0.25, 0.3) is 0 Å². The molecule has 1 aliphatic carbocycles. The third kappa shape index (κ3) is 5.71. The van der Waals surface area contributed by atoms with Gasteiger partial charge in [-0.2, -0.15) is 0 Å². The summed E-state index contributed by atoms with van der Waals surface area (Å²) in [5, 5.41) is 5.64. The van der Waals surface area contributed by atoms with E-state index in [1.54, 1.807) is 13.0 Å². The minimum Gasteiger partial charge on any atom is -0.462 e. The normalized spacial score (nSPS) is 14.3. The van der Waals surface area contributed by atoms with Crippen LogP contribution in [0.4, 0.5) is 0 Å². The van der Waals surface area contributed by atoms with Gasteiger partial charge in [0.05, 0.1) is 12.2 Å². The van der Waals surface area contributed by atoms with Crippen molar-refractivity contribution in [3.8, 4) is 0 Å². The Hall–Kier alpha value is -2.57. The van der Waals surface area contributed by atoms with Gasteiger partial charge in [0.2, 0.25) is 11.8 Å². The molecular weight excluding hydrogens is 370 g/mol. The van der Waals surface area contributed by atoms with Crippen molar-refractivity contribution in [1.29, 1.82) is 0 Å². The number of rotatable bonds is 9. The second-order valence-electron chi connectivity index (χ2n) is 7.32. The molecule has 2 amide bonds. The van der Waals surface area contributed by atoms with Gasteiger partial charge < -0.3 is 19.9 Å². The Labute approximate surface area is 172 Å². The predicted molar refractivity (Wildman–Crippen MR) is 113 cm³/mol. The smallest absolute Gasteiger partial charge is 0.340 e. The zero-order chi connectivity index (χ0) is 21.4. The highest BCUT2D eigenvalue weighted by atomic mass is 16.5. The summed E-state index contributed by atoms with van der Waals surface area (Å²) >= 11 is 0. The predicted octanol–water partition coefficient (Wildman–Crippen LogP) is 2.74. The monoisotopic (exact) mass is 403 g/mol. The van der Waals surface area contributed by atoms with Gasteiger partial charge in [-0.1, -0.05) is 12.8 Å². The zero-order valence-corrected chi connectivity index (χ0v) is 18.0. The fourth-order valence-electron chi connectivity index (χ4n) is 3.97. The number of esters is 1. The second-order valence-corrected chi connectivity index (χ2v) is 7.32. The van der Waals surface area contributed by atoms with Crippen molar-refractivity contribution in [2.45, 2.75) is 59.9 Å². The first-order valence-corrected chi connectivity index (χ1v) is 10.5. The summed E-state index contributed by atoms with van der Waals surface area (Å²) in [5.74, 6) is -0.440. The SMILES string of the molecule is CCOC(=O)c1c(/C=C/C(=O)NCCNC(=O)C2CCCC2)c(C)n(CC)c1C. The van der Waals surface area contributed by atoms with E-state index in [1.807, 2.05) is 25.3 Å². The highest BCUT2D eigenvalue weighted by Crippen LogP contribution is 2.25. The van der Waals surface area contributed by atoms with Gasteiger partial charge in [-0.25, -0.2) is 4.79 Å². The summed E-state index contributed by atoms with van der Waals surface area (Å²) in [7, 11) is 0. The molecule has 160 valence electrons. The molecule has 0 unspecified atom stereocenters. The molecule has 2 rings (SSSR count). The van der Waals surface area contributed by atoms with Gasteiger partial charge in [-0.3, -0.25) is 9.59 Å². The number of carbonyl (C=O) groups is 3. The Morgan fingerprint density at radius 2 is 1.72 bits per heavy atom. The first-order valence-electron chi connectivity index (χ1n) is 10.5. The molecule has 0 spiro atoms. The number of carbonyl (C=O) groups excluding carboxylic acids is 3. The lowest BCUT2D eigenvalue weighted by atomic mass is 10.1.